The van der Waals surface area contributed by atoms with Gasteiger partial charge in [0.2, 0.25) is 0 Å². The van der Waals surface area contributed by atoms with E-state index in [1.54, 1.807) is 16.8 Å². The molecule has 1 aromatic carbocycles. The van der Waals surface area contributed by atoms with Crippen LogP contribution in [0.3, 0.4) is 0 Å². The maximum absolute atomic E-state index is 13.0. The molecule has 2 N–H and O–H groups in total. The summed E-state index contributed by atoms with van der Waals surface area (Å²) in [5, 5.41) is 4.41. The van der Waals surface area contributed by atoms with Crippen LogP contribution in [-0.2, 0) is 13.6 Å². The molecule has 0 saturated carbocycles. The average Bonchev–Trinajstić information content (AvgIpc) is 2.55. The lowest BCUT2D eigenvalue weighted by atomic mass is 10.1. The summed E-state index contributed by atoms with van der Waals surface area (Å²) < 4.78 is 14.6. The molecule has 18 heavy (non-hydrogen) atoms. The number of anilines is 1. The van der Waals surface area contributed by atoms with E-state index in [1.165, 1.54) is 12.1 Å². The molecule has 0 fully saturated rings. The van der Waals surface area contributed by atoms with Crippen molar-refractivity contribution in [2.24, 2.45) is 7.05 Å². The van der Waals surface area contributed by atoms with Crippen molar-refractivity contribution in [2.75, 3.05) is 19.8 Å². The highest BCUT2D eigenvalue weighted by Gasteiger charge is 2.16. The van der Waals surface area contributed by atoms with Crippen LogP contribution in [-0.4, -0.2) is 28.8 Å². The van der Waals surface area contributed by atoms with Crippen molar-refractivity contribution in [1.82, 2.24) is 14.7 Å². The molecule has 2 rings (SSSR count). The van der Waals surface area contributed by atoms with Gasteiger partial charge in [-0.05, 0) is 31.8 Å². The average molecular weight is 248 g/mol. The molecule has 96 valence electrons. The molecule has 4 nitrogen and oxygen atoms in total. The highest BCUT2D eigenvalue weighted by atomic mass is 19.1. The summed E-state index contributed by atoms with van der Waals surface area (Å²) in [6.07, 6.45) is 0. The number of nitrogens with zero attached hydrogens (tertiary/aromatic N) is 3. The van der Waals surface area contributed by atoms with E-state index in [4.69, 9.17) is 5.73 Å². The van der Waals surface area contributed by atoms with Gasteiger partial charge in [-0.3, -0.25) is 4.68 Å². The molecule has 0 saturated heterocycles. The van der Waals surface area contributed by atoms with Crippen molar-refractivity contribution >= 4 is 5.82 Å². The number of hydrogen-bond acceptors (Lipinski definition) is 3. The molecular weight excluding hydrogens is 231 g/mol. The van der Waals surface area contributed by atoms with E-state index >= 15 is 0 Å². The van der Waals surface area contributed by atoms with Gasteiger partial charge >= 0.3 is 0 Å². The fourth-order valence-corrected chi connectivity index (χ4v) is 1.94. The summed E-state index contributed by atoms with van der Waals surface area (Å²) in [7, 11) is 5.75. The molecule has 0 aliphatic carbocycles. The third kappa shape index (κ3) is 2.36. The standard InChI is InChI=1S/C13H17FN4/c1-17(2)8-11-12(13(15)18(3)16-11)9-4-6-10(14)7-5-9/h4-7H,8,15H2,1-3H3. The van der Waals surface area contributed by atoms with Crippen LogP contribution >= 0.6 is 0 Å². The Kier molecular flexibility index (Phi) is 3.34. The second-order valence-electron chi connectivity index (χ2n) is 4.58. The van der Waals surface area contributed by atoms with Crippen LogP contribution in [0.25, 0.3) is 11.1 Å². The van der Waals surface area contributed by atoms with Crippen molar-refractivity contribution in [1.29, 1.82) is 0 Å². The Bertz CT molecular complexity index is 543. The molecule has 2 aromatic rings. The molecule has 0 spiro atoms. The van der Waals surface area contributed by atoms with Gasteiger partial charge in [0.1, 0.15) is 11.6 Å². The summed E-state index contributed by atoms with van der Waals surface area (Å²) >= 11 is 0. The zero-order chi connectivity index (χ0) is 13.3. The van der Waals surface area contributed by atoms with Crippen molar-refractivity contribution < 1.29 is 4.39 Å². The van der Waals surface area contributed by atoms with Crippen molar-refractivity contribution in [3.05, 3.63) is 35.8 Å². The van der Waals surface area contributed by atoms with Crippen molar-refractivity contribution in [2.45, 2.75) is 6.54 Å². The number of nitrogen functional groups attached to an aromatic ring is 1. The van der Waals surface area contributed by atoms with E-state index in [9.17, 15) is 4.39 Å². The molecule has 0 aliphatic rings. The van der Waals surface area contributed by atoms with Gasteiger partial charge in [-0.25, -0.2) is 4.39 Å². The highest BCUT2D eigenvalue weighted by molar-refractivity contribution is 5.76. The molecule has 5 heteroatoms. The fraction of sp³-hybridized carbons (Fsp3) is 0.308. The lowest BCUT2D eigenvalue weighted by Crippen LogP contribution is -2.12. The molecular formula is C13H17FN4. The van der Waals surface area contributed by atoms with Crippen LogP contribution in [0.5, 0.6) is 0 Å². The summed E-state index contributed by atoms with van der Waals surface area (Å²) in [4.78, 5) is 2.02. The van der Waals surface area contributed by atoms with Gasteiger partial charge in [-0.15, -0.1) is 0 Å². The number of aryl methyl sites for hydroxylation is 1. The number of benzene rings is 1. The second kappa shape index (κ2) is 4.78. The number of aromatic nitrogens is 2. The maximum atomic E-state index is 13.0. The fourth-order valence-electron chi connectivity index (χ4n) is 1.94. The van der Waals surface area contributed by atoms with Gasteiger partial charge in [0.15, 0.2) is 0 Å². The Hall–Kier alpha value is -1.88. The minimum atomic E-state index is -0.254. The van der Waals surface area contributed by atoms with E-state index in [0.29, 0.717) is 12.4 Å². The van der Waals surface area contributed by atoms with Crippen LogP contribution in [0.4, 0.5) is 10.2 Å². The Balaban J connectivity index is 2.51. The summed E-state index contributed by atoms with van der Waals surface area (Å²) in [6.45, 7) is 0.692. The van der Waals surface area contributed by atoms with Crippen LogP contribution < -0.4 is 5.73 Å². The first-order chi connectivity index (χ1) is 8.49. The SMILES string of the molecule is CN(C)Cc1nn(C)c(N)c1-c1ccc(F)cc1. The molecule has 0 amide bonds. The van der Waals surface area contributed by atoms with E-state index in [-0.39, 0.29) is 5.82 Å². The van der Waals surface area contributed by atoms with Crippen LogP contribution in [0, 0.1) is 5.82 Å². The summed E-state index contributed by atoms with van der Waals surface area (Å²) in [6, 6.07) is 6.31. The Morgan fingerprint density at radius 1 is 1.28 bits per heavy atom. The monoisotopic (exact) mass is 248 g/mol. The zero-order valence-electron chi connectivity index (χ0n) is 10.8. The third-order valence-electron chi connectivity index (χ3n) is 2.76. The quantitative estimate of drug-likeness (QED) is 0.902. The first-order valence-electron chi connectivity index (χ1n) is 5.71. The van der Waals surface area contributed by atoms with Gasteiger partial charge in [-0.1, -0.05) is 12.1 Å². The number of nitrogens with two attached hydrogens (primary N) is 1. The van der Waals surface area contributed by atoms with Crippen LogP contribution in [0.15, 0.2) is 24.3 Å². The predicted octanol–water partition coefficient (Wildman–Crippen LogP) is 1.87. The Labute approximate surface area is 106 Å². The lowest BCUT2D eigenvalue weighted by Gasteiger charge is -2.09. The molecule has 0 aliphatic heterocycles. The van der Waals surface area contributed by atoms with Crippen molar-refractivity contribution in [3.63, 3.8) is 0 Å². The summed E-state index contributed by atoms with van der Waals surface area (Å²) in [5.74, 6) is 0.342. The molecule has 0 bridgehead atoms. The van der Waals surface area contributed by atoms with Crippen LogP contribution in [0.2, 0.25) is 0 Å². The summed E-state index contributed by atoms with van der Waals surface area (Å²) in [5.41, 5.74) is 8.70. The van der Waals surface area contributed by atoms with Gasteiger partial charge in [0, 0.05) is 19.2 Å². The topological polar surface area (TPSA) is 47.1 Å². The van der Waals surface area contributed by atoms with Gasteiger partial charge in [0.25, 0.3) is 0 Å². The largest absolute Gasteiger partial charge is 0.383 e. The number of halogens is 1. The van der Waals surface area contributed by atoms with Gasteiger partial charge < -0.3 is 10.6 Å². The first-order valence-corrected chi connectivity index (χ1v) is 5.71. The molecule has 1 heterocycles. The molecule has 0 atom stereocenters. The van der Waals surface area contributed by atoms with E-state index < -0.39 is 0 Å². The molecule has 0 radical (unpaired) electrons. The first kappa shape index (κ1) is 12.6. The lowest BCUT2D eigenvalue weighted by molar-refractivity contribution is 0.395. The minimum absolute atomic E-state index is 0.254. The van der Waals surface area contributed by atoms with Crippen LogP contribution in [0.1, 0.15) is 5.69 Å². The van der Waals surface area contributed by atoms with Gasteiger partial charge in [-0.2, -0.15) is 5.10 Å². The third-order valence-corrected chi connectivity index (χ3v) is 2.76. The Morgan fingerprint density at radius 2 is 1.89 bits per heavy atom. The highest BCUT2D eigenvalue weighted by Crippen LogP contribution is 2.29. The predicted molar refractivity (Wildman–Crippen MR) is 70.4 cm³/mol. The smallest absolute Gasteiger partial charge is 0.129 e. The Morgan fingerprint density at radius 3 is 2.44 bits per heavy atom. The second-order valence-corrected chi connectivity index (χ2v) is 4.58. The normalized spacial score (nSPS) is 11.2. The maximum Gasteiger partial charge on any atom is 0.129 e. The number of hydrogen-bond donors (Lipinski definition) is 1. The van der Waals surface area contributed by atoms with E-state index in [2.05, 4.69) is 5.10 Å². The van der Waals surface area contributed by atoms with E-state index in [0.717, 1.165) is 16.8 Å². The van der Waals surface area contributed by atoms with E-state index in [1.807, 2.05) is 26.0 Å². The molecule has 0 unspecified atom stereocenters. The molecule has 1 aromatic heterocycles. The van der Waals surface area contributed by atoms with Gasteiger partial charge in [0.05, 0.1) is 5.69 Å². The number of rotatable bonds is 3. The van der Waals surface area contributed by atoms with Crippen molar-refractivity contribution in [3.8, 4) is 11.1 Å². The zero-order valence-corrected chi connectivity index (χ0v) is 10.8. The minimum Gasteiger partial charge on any atom is -0.383 e.